The van der Waals surface area contributed by atoms with E-state index < -0.39 is 0 Å². The second kappa shape index (κ2) is 7.25. The van der Waals surface area contributed by atoms with Crippen molar-refractivity contribution in [3.05, 3.63) is 64.7 Å². The molecule has 0 radical (unpaired) electrons. The molecule has 2 aromatic carbocycles. The Bertz CT molecular complexity index is 833. The van der Waals surface area contributed by atoms with Crippen molar-refractivity contribution in [2.75, 3.05) is 0 Å². The van der Waals surface area contributed by atoms with E-state index >= 15 is 0 Å². The lowest BCUT2D eigenvalue weighted by atomic mass is 9.50. The summed E-state index contributed by atoms with van der Waals surface area (Å²) >= 11 is 0. The molecule has 0 saturated heterocycles. The summed E-state index contributed by atoms with van der Waals surface area (Å²) in [7, 11) is 0. The van der Waals surface area contributed by atoms with Crippen LogP contribution in [0.15, 0.2) is 42.5 Å². The van der Waals surface area contributed by atoms with Gasteiger partial charge in [-0.1, -0.05) is 71.4 Å². The Morgan fingerprint density at radius 1 is 1.04 bits per heavy atom. The fraction of sp³-hybridized carbons (Fsp3) is 0.556. The minimum absolute atomic E-state index is 0.283. The van der Waals surface area contributed by atoms with Gasteiger partial charge in [-0.25, -0.2) is 0 Å². The molecule has 0 aliphatic heterocycles. The first-order valence-electron chi connectivity index (χ1n) is 11.2. The molecular weight excluding hydrogens is 340 g/mol. The summed E-state index contributed by atoms with van der Waals surface area (Å²) in [6.45, 7) is 12.8. The molecule has 0 unspecified atom stereocenters. The summed E-state index contributed by atoms with van der Waals surface area (Å²) in [4.78, 5) is 0. The molecule has 1 nitrogen and oxygen atoms in total. The first-order valence-corrected chi connectivity index (χ1v) is 11.2. The van der Waals surface area contributed by atoms with E-state index in [0.29, 0.717) is 17.9 Å². The highest BCUT2D eigenvalue weighted by Crippen LogP contribution is 2.58. The third-order valence-electron chi connectivity index (χ3n) is 7.66. The molecule has 2 aromatic rings. The summed E-state index contributed by atoms with van der Waals surface area (Å²) in [5.41, 5.74) is 6.66. The van der Waals surface area contributed by atoms with Crippen molar-refractivity contribution in [1.29, 1.82) is 0 Å². The van der Waals surface area contributed by atoms with Crippen molar-refractivity contribution >= 4 is 0 Å². The van der Waals surface area contributed by atoms with Gasteiger partial charge in [0.2, 0.25) is 0 Å². The molecule has 0 aromatic heterocycles. The highest BCUT2D eigenvalue weighted by Gasteiger charge is 2.50. The maximum Gasteiger partial charge on any atom is 0.120 e. The van der Waals surface area contributed by atoms with Gasteiger partial charge >= 0.3 is 0 Å². The van der Waals surface area contributed by atoms with E-state index in [4.69, 9.17) is 4.74 Å². The molecule has 2 atom stereocenters. The van der Waals surface area contributed by atoms with E-state index in [1.807, 2.05) is 0 Å². The second-order valence-electron chi connectivity index (χ2n) is 10.3. The Kier molecular flexibility index (Phi) is 5.06. The van der Waals surface area contributed by atoms with Gasteiger partial charge in [-0.15, -0.1) is 0 Å². The first kappa shape index (κ1) is 19.6. The molecule has 2 aliphatic carbocycles. The third-order valence-corrected chi connectivity index (χ3v) is 7.66. The molecule has 0 spiro atoms. The minimum atomic E-state index is 0.283. The molecule has 1 heteroatoms. The van der Waals surface area contributed by atoms with Gasteiger partial charge in [0, 0.05) is 0 Å². The highest BCUT2D eigenvalue weighted by molar-refractivity contribution is 5.49. The lowest BCUT2D eigenvalue weighted by molar-refractivity contribution is 0.0403. The Morgan fingerprint density at radius 3 is 2.50 bits per heavy atom. The molecule has 150 valence electrons. The molecule has 0 bridgehead atoms. The number of ether oxygens (including phenoxy) is 1. The normalized spacial score (nSPS) is 25.9. The number of hydrogen-bond donors (Lipinski definition) is 0. The molecule has 28 heavy (non-hydrogen) atoms. The zero-order chi connectivity index (χ0) is 19.9. The van der Waals surface area contributed by atoms with Gasteiger partial charge in [0.05, 0.1) is 0 Å². The molecule has 1 fully saturated rings. The maximum atomic E-state index is 6.33. The molecule has 1 saturated carbocycles. The van der Waals surface area contributed by atoms with Crippen molar-refractivity contribution in [2.24, 2.45) is 11.3 Å². The zero-order valence-electron chi connectivity index (χ0n) is 18.3. The van der Waals surface area contributed by atoms with Crippen LogP contribution in [-0.4, -0.2) is 0 Å². The van der Waals surface area contributed by atoms with E-state index in [9.17, 15) is 0 Å². The standard InChI is InChI=1S/C27H36O/c1-19(2)23-16-21(28-18-20-10-7-6-8-11-20)17-24-22(23)12-13-25-26(3,4)14-9-15-27(24,25)5/h6-8,10-11,16-17,19,25H,9,12-15,18H2,1-5H3/t25-,27+/m0/s1. The SMILES string of the molecule is CC(C)c1cc(OCc2ccccc2)cc2c1CC[C@H]1C(C)(C)CCC[C@]21C. The van der Waals surface area contributed by atoms with Gasteiger partial charge in [0.25, 0.3) is 0 Å². The smallest absolute Gasteiger partial charge is 0.120 e. The average molecular weight is 377 g/mol. The van der Waals surface area contributed by atoms with Crippen LogP contribution in [0.3, 0.4) is 0 Å². The topological polar surface area (TPSA) is 9.23 Å². The Balaban J connectivity index is 1.74. The average Bonchev–Trinajstić information content (AvgIpc) is 2.66. The van der Waals surface area contributed by atoms with Crippen molar-refractivity contribution in [3.8, 4) is 5.75 Å². The van der Waals surface area contributed by atoms with Crippen molar-refractivity contribution in [3.63, 3.8) is 0 Å². The molecule has 0 N–H and O–H groups in total. The minimum Gasteiger partial charge on any atom is -0.489 e. The lowest BCUT2D eigenvalue weighted by Crippen LogP contribution is -2.48. The van der Waals surface area contributed by atoms with Crippen LogP contribution in [-0.2, 0) is 18.4 Å². The number of hydrogen-bond acceptors (Lipinski definition) is 1. The van der Waals surface area contributed by atoms with Gasteiger partial charge in [0.15, 0.2) is 0 Å². The van der Waals surface area contributed by atoms with E-state index in [1.54, 1.807) is 11.1 Å². The van der Waals surface area contributed by atoms with Crippen LogP contribution < -0.4 is 4.74 Å². The lowest BCUT2D eigenvalue weighted by Gasteiger charge is -2.54. The van der Waals surface area contributed by atoms with Crippen LogP contribution in [0, 0.1) is 11.3 Å². The third kappa shape index (κ3) is 3.38. The number of benzene rings is 2. The zero-order valence-corrected chi connectivity index (χ0v) is 18.3. The Labute approximate surface area is 171 Å². The summed E-state index contributed by atoms with van der Waals surface area (Å²) in [6.07, 6.45) is 6.58. The Morgan fingerprint density at radius 2 is 1.79 bits per heavy atom. The largest absolute Gasteiger partial charge is 0.489 e. The van der Waals surface area contributed by atoms with Crippen LogP contribution in [0.1, 0.15) is 88.5 Å². The Hall–Kier alpha value is -1.76. The fourth-order valence-corrected chi connectivity index (χ4v) is 6.24. The van der Waals surface area contributed by atoms with Gasteiger partial charge in [-0.3, -0.25) is 0 Å². The van der Waals surface area contributed by atoms with Crippen LogP contribution in [0.4, 0.5) is 0 Å². The fourth-order valence-electron chi connectivity index (χ4n) is 6.24. The number of fused-ring (bicyclic) bond motifs is 3. The summed E-state index contributed by atoms with van der Waals surface area (Å²) in [5, 5.41) is 0. The van der Waals surface area contributed by atoms with Gasteiger partial charge in [0.1, 0.15) is 12.4 Å². The molecular formula is C27H36O. The molecule has 0 amide bonds. The predicted molar refractivity (Wildman–Crippen MR) is 118 cm³/mol. The van der Waals surface area contributed by atoms with Crippen LogP contribution in [0.2, 0.25) is 0 Å². The van der Waals surface area contributed by atoms with Gasteiger partial charge in [-0.2, -0.15) is 0 Å². The summed E-state index contributed by atoms with van der Waals surface area (Å²) in [5.74, 6) is 2.35. The summed E-state index contributed by atoms with van der Waals surface area (Å²) < 4.78 is 6.33. The van der Waals surface area contributed by atoms with E-state index in [-0.39, 0.29) is 5.41 Å². The molecule has 2 aliphatic rings. The highest BCUT2D eigenvalue weighted by atomic mass is 16.5. The quantitative estimate of drug-likeness (QED) is 0.539. The van der Waals surface area contributed by atoms with E-state index in [0.717, 1.165) is 11.7 Å². The van der Waals surface area contributed by atoms with Crippen molar-refractivity contribution < 1.29 is 4.74 Å². The maximum absolute atomic E-state index is 6.33. The monoisotopic (exact) mass is 376 g/mol. The van der Waals surface area contributed by atoms with E-state index in [1.165, 1.54) is 43.2 Å². The van der Waals surface area contributed by atoms with Crippen LogP contribution >= 0.6 is 0 Å². The van der Waals surface area contributed by atoms with Gasteiger partial charge < -0.3 is 4.74 Å². The molecule has 4 rings (SSSR count). The summed E-state index contributed by atoms with van der Waals surface area (Å²) in [6, 6.07) is 15.2. The predicted octanol–water partition coefficient (Wildman–Crippen LogP) is 7.42. The van der Waals surface area contributed by atoms with E-state index in [2.05, 4.69) is 77.1 Å². The van der Waals surface area contributed by atoms with Crippen LogP contribution in [0.5, 0.6) is 5.75 Å². The first-order chi connectivity index (χ1) is 13.3. The second-order valence-corrected chi connectivity index (χ2v) is 10.3. The van der Waals surface area contributed by atoms with Crippen molar-refractivity contribution in [1.82, 2.24) is 0 Å². The van der Waals surface area contributed by atoms with Gasteiger partial charge in [-0.05, 0) is 82.7 Å². The van der Waals surface area contributed by atoms with Crippen molar-refractivity contribution in [2.45, 2.75) is 84.7 Å². The number of rotatable bonds is 4. The van der Waals surface area contributed by atoms with Crippen LogP contribution in [0.25, 0.3) is 0 Å². The molecule has 0 heterocycles.